The Morgan fingerprint density at radius 1 is 1.35 bits per heavy atom. The SMILES string of the molecule is CCC(C)(C(Cc1cn(C)nn1)NC)N1CCCCC1. The largest absolute Gasteiger partial charge is 0.315 e. The predicted molar refractivity (Wildman–Crippen MR) is 81.7 cm³/mol. The van der Waals surface area contributed by atoms with Crippen LogP contribution in [0.3, 0.4) is 0 Å². The van der Waals surface area contributed by atoms with Gasteiger partial charge in [0.1, 0.15) is 0 Å². The number of hydrogen-bond donors (Lipinski definition) is 1. The first-order chi connectivity index (χ1) is 9.60. The van der Waals surface area contributed by atoms with E-state index in [-0.39, 0.29) is 5.54 Å². The summed E-state index contributed by atoms with van der Waals surface area (Å²) < 4.78 is 1.78. The molecule has 0 saturated carbocycles. The number of likely N-dealkylation sites (N-methyl/N-ethyl adjacent to an activating group) is 1. The minimum atomic E-state index is 0.187. The van der Waals surface area contributed by atoms with Crippen molar-refractivity contribution in [1.29, 1.82) is 0 Å². The van der Waals surface area contributed by atoms with Crippen LogP contribution in [0.25, 0.3) is 0 Å². The maximum Gasteiger partial charge on any atom is 0.0843 e. The molecule has 2 rings (SSSR count). The highest BCUT2D eigenvalue weighted by molar-refractivity contribution is 5.04. The van der Waals surface area contributed by atoms with E-state index in [1.54, 1.807) is 4.68 Å². The molecule has 0 radical (unpaired) electrons. The number of aromatic nitrogens is 3. The average molecular weight is 279 g/mol. The van der Waals surface area contributed by atoms with E-state index in [0.29, 0.717) is 6.04 Å². The lowest BCUT2D eigenvalue weighted by Gasteiger charge is -2.48. The minimum absolute atomic E-state index is 0.187. The molecule has 114 valence electrons. The van der Waals surface area contributed by atoms with Crippen molar-refractivity contribution in [3.8, 4) is 0 Å². The molecule has 1 fully saturated rings. The Bertz CT molecular complexity index is 410. The van der Waals surface area contributed by atoms with E-state index in [4.69, 9.17) is 0 Å². The van der Waals surface area contributed by atoms with Crippen molar-refractivity contribution in [3.63, 3.8) is 0 Å². The van der Waals surface area contributed by atoms with Gasteiger partial charge in [0, 0.05) is 31.2 Å². The van der Waals surface area contributed by atoms with Gasteiger partial charge in [-0.3, -0.25) is 9.58 Å². The number of aryl methyl sites for hydroxylation is 1. The first-order valence-corrected chi connectivity index (χ1v) is 7.87. The van der Waals surface area contributed by atoms with Gasteiger partial charge in [0.2, 0.25) is 0 Å². The fourth-order valence-electron chi connectivity index (χ4n) is 3.43. The molecule has 0 aliphatic carbocycles. The molecule has 1 aliphatic rings. The Balaban J connectivity index is 2.12. The zero-order valence-corrected chi connectivity index (χ0v) is 13.4. The van der Waals surface area contributed by atoms with Gasteiger partial charge in [0.15, 0.2) is 0 Å². The predicted octanol–water partition coefficient (Wildman–Crippen LogP) is 1.60. The first kappa shape index (κ1) is 15.4. The third kappa shape index (κ3) is 3.20. The van der Waals surface area contributed by atoms with E-state index in [1.165, 1.54) is 32.4 Å². The number of hydrogen-bond acceptors (Lipinski definition) is 4. The molecule has 20 heavy (non-hydrogen) atoms. The average Bonchev–Trinajstić information content (AvgIpc) is 2.90. The van der Waals surface area contributed by atoms with Gasteiger partial charge in [-0.2, -0.15) is 0 Å². The Morgan fingerprint density at radius 2 is 2.05 bits per heavy atom. The molecule has 2 unspecified atom stereocenters. The molecule has 2 atom stereocenters. The molecule has 1 aromatic heterocycles. The second-order valence-electron chi connectivity index (χ2n) is 6.19. The van der Waals surface area contributed by atoms with Crippen LogP contribution in [0.1, 0.15) is 45.2 Å². The number of nitrogens with one attached hydrogen (secondary N) is 1. The van der Waals surface area contributed by atoms with Crippen molar-refractivity contribution >= 4 is 0 Å². The van der Waals surface area contributed by atoms with Crippen molar-refractivity contribution in [1.82, 2.24) is 25.2 Å². The third-order valence-electron chi connectivity index (χ3n) is 4.96. The fourth-order valence-corrected chi connectivity index (χ4v) is 3.43. The van der Waals surface area contributed by atoms with Gasteiger partial charge in [-0.25, -0.2) is 0 Å². The van der Waals surface area contributed by atoms with Gasteiger partial charge in [-0.05, 0) is 46.3 Å². The van der Waals surface area contributed by atoms with Crippen LogP contribution < -0.4 is 5.32 Å². The summed E-state index contributed by atoms with van der Waals surface area (Å²) in [4.78, 5) is 2.67. The Labute approximate surface area is 122 Å². The summed E-state index contributed by atoms with van der Waals surface area (Å²) in [5.41, 5.74) is 1.26. The maximum atomic E-state index is 4.25. The molecule has 5 nitrogen and oxygen atoms in total. The molecule has 1 N–H and O–H groups in total. The summed E-state index contributed by atoms with van der Waals surface area (Å²) in [5, 5.41) is 11.8. The highest BCUT2D eigenvalue weighted by Crippen LogP contribution is 2.28. The van der Waals surface area contributed by atoms with Gasteiger partial charge < -0.3 is 5.32 Å². The first-order valence-electron chi connectivity index (χ1n) is 7.87. The molecule has 0 bridgehead atoms. The van der Waals surface area contributed by atoms with Gasteiger partial charge >= 0.3 is 0 Å². The number of likely N-dealkylation sites (tertiary alicyclic amines) is 1. The lowest BCUT2D eigenvalue weighted by Crippen LogP contribution is -2.60. The Kier molecular flexibility index (Phi) is 5.16. The Hall–Kier alpha value is -0.940. The standard InChI is InChI=1S/C15H29N5/c1-5-15(2,20-9-7-6-8-10-20)14(16-3)11-13-12-19(4)18-17-13/h12,14,16H,5-11H2,1-4H3. The summed E-state index contributed by atoms with van der Waals surface area (Å²) in [6.07, 6.45) is 8.15. The van der Waals surface area contributed by atoms with Crippen LogP contribution in [0.5, 0.6) is 0 Å². The van der Waals surface area contributed by atoms with Crippen LogP contribution in [0, 0.1) is 0 Å². The van der Waals surface area contributed by atoms with Crippen molar-refractivity contribution in [3.05, 3.63) is 11.9 Å². The molecule has 5 heteroatoms. The molecular formula is C15H29N5. The molecular weight excluding hydrogens is 250 g/mol. The molecule has 2 heterocycles. The monoisotopic (exact) mass is 279 g/mol. The van der Waals surface area contributed by atoms with Crippen LogP contribution in [0.4, 0.5) is 0 Å². The number of rotatable bonds is 6. The summed E-state index contributed by atoms with van der Waals surface area (Å²) in [5.74, 6) is 0. The lowest BCUT2D eigenvalue weighted by atomic mass is 9.83. The van der Waals surface area contributed by atoms with Gasteiger partial charge in [-0.15, -0.1) is 5.10 Å². The fraction of sp³-hybridized carbons (Fsp3) is 0.867. The molecule has 1 saturated heterocycles. The van der Waals surface area contributed by atoms with Gasteiger partial charge in [-0.1, -0.05) is 18.6 Å². The van der Waals surface area contributed by atoms with Crippen LogP contribution in [0.2, 0.25) is 0 Å². The maximum absolute atomic E-state index is 4.25. The van der Waals surface area contributed by atoms with Crippen molar-refractivity contribution in [2.75, 3.05) is 20.1 Å². The minimum Gasteiger partial charge on any atom is -0.315 e. The summed E-state index contributed by atoms with van der Waals surface area (Å²) >= 11 is 0. The normalized spacial score (nSPS) is 21.6. The van der Waals surface area contributed by atoms with E-state index in [2.05, 4.69) is 41.4 Å². The summed E-state index contributed by atoms with van der Waals surface area (Å²) in [6.45, 7) is 7.15. The van der Waals surface area contributed by atoms with E-state index >= 15 is 0 Å². The summed E-state index contributed by atoms with van der Waals surface area (Å²) in [7, 11) is 3.99. The topological polar surface area (TPSA) is 46.0 Å². The van der Waals surface area contributed by atoms with Crippen molar-refractivity contribution in [2.45, 2.75) is 57.5 Å². The number of piperidine rings is 1. The highest BCUT2D eigenvalue weighted by atomic mass is 15.4. The van der Waals surface area contributed by atoms with Crippen LogP contribution in [-0.4, -0.2) is 51.6 Å². The van der Waals surface area contributed by atoms with Gasteiger partial charge in [0.05, 0.1) is 5.69 Å². The molecule has 1 aliphatic heterocycles. The lowest BCUT2D eigenvalue weighted by molar-refractivity contribution is 0.0450. The van der Waals surface area contributed by atoms with E-state index in [1.807, 2.05) is 13.2 Å². The quantitative estimate of drug-likeness (QED) is 0.859. The molecule has 0 amide bonds. The molecule has 0 spiro atoms. The summed E-state index contributed by atoms with van der Waals surface area (Å²) in [6, 6.07) is 0.405. The van der Waals surface area contributed by atoms with Crippen LogP contribution in [-0.2, 0) is 13.5 Å². The Morgan fingerprint density at radius 3 is 2.55 bits per heavy atom. The zero-order chi connectivity index (χ0) is 14.6. The zero-order valence-electron chi connectivity index (χ0n) is 13.4. The van der Waals surface area contributed by atoms with E-state index in [9.17, 15) is 0 Å². The highest BCUT2D eigenvalue weighted by Gasteiger charge is 2.38. The van der Waals surface area contributed by atoms with Crippen LogP contribution in [0.15, 0.2) is 6.20 Å². The van der Waals surface area contributed by atoms with Crippen molar-refractivity contribution in [2.24, 2.45) is 7.05 Å². The van der Waals surface area contributed by atoms with E-state index < -0.39 is 0 Å². The third-order valence-corrected chi connectivity index (χ3v) is 4.96. The molecule has 1 aromatic rings. The van der Waals surface area contributed by atoms with E-state index in [0.717, 1.165) is 18.5 Å². The van der Waals surface area contributed by atoms with Crippen LogP contribution >= 0.6 is 0 Å². The van der Waals surface area contributed by atoms with Crippen molar-refractivity contribution < 1.29 is 0 Å². The second kappa shape index (κ2) is 6.68. The number of nitrogens with zero attached hydrogens (tertiary/aromatic N) is 4. The second-order valence-corrected chi connectivity index (χ2v) is 6.19. The smallest absolute Gasteiger partial charge is 0.0843 e. The molecule has 0 aromatic carbocycles. The van der Waals surface area contributed by atoms with Gasteiger partial charge in [0.25, 0.3) is 0 Å².